The molecule has 0 aromatic carbocycles. The lowest BCUT2D eigenvalue weighted by Gasteiger charge is -2.53. The highest BCUT2D eigenvalue weighted by Crippen LogP contribution is 2.42. The summed E-state index contributed by atoms with van der Waals surface area (Å²) in [5.74, 6) is -1.21. The maximum atomic E-state index is 13.5. The van der Waals surface area contributed by atoms with Gasteiger partial charge < -0.3 is 133 Å². The van der Waals surface area contributed by atoms with Crippen LogP contribution in [-0.2, 0) is 152 Å². The normalized spacial score (nSPS) is 44.9. The first kappa shape index (κ1) is 74.2. The van der Waals surface area contributed by atoms with Crippen molar-refractivity contribution in [1.82, 2.24) is 0 Å². The summed E-state index contributed by atoms with van der Waals surface area (Å²) < 4.78 is 233. The van der Waals surface area contributed by atoms with E-state index in [0.717, 1.165) is 12.5 Å². The van der Waals surface area contributed by atoms with Crippen LogP contribution in [0.1, 0.15) is 0 Å². The fourth-order valence-corrected chi connectivity index (χ4v) is 14.7. The van der Waals surface area contributed by atoms with Crippen LogP contribution in [0.25, 0.3) is 0 Å². The summed E-state index contributed by atoms with van der Waals surface area (Å²) in [6.07, 6.45) is -33.3. The fraction of sp³-hybridized carbons (Fsp3) is 1.00. The summed E-state index contributed by atoms with van der Waals surface area (Å²) in [5.41, 5.74) is 0. The van der Waals surface area contributed by atoms with Gasteiger partial charge in [-0.25, -0.2) is 16.8 Å². The first-order chi connectivity index (χ1) is 42.2. The average Bonchev–Trinajstić information content (AvgIpc) is 1.01. The summed E-state index contributed by atoms with van der Waals surface area (Å²) in [7, 11) is 15.1. The SMILES string of the molecule is COC[C@H]1O[C@@H]2O[C@H]3[C@H](OC)[C@@H](OC)[C@@H](O[C@H]4[C@H](OC)[C@@H](OC)[C@@H](O[C@H]5[C@H](OC)[C@@H](OC)[C@@H](O[C@H]6[C@H](OC)[C@@H](OC)[C@@H](O[C@H]7[C@H](OC)[C@@H](OC)[C@@H](O[C@H]1[C@H](OC)[C@H]2OC)O[C@@H]7COC)O[C@@H]6CS(C)(=O)=O)O[C@@H]5COC)O[C@@H]4COC)O[C@@H]3CS(C)(=O)=O. The van der Waals surface area contributed by atoms with Crippen LogP contribution < -0.4 is 0 Å². The predicted molar refractivity (Wildman–Crippen MR) is 298 cm³/mol. The molecular weight excluding hydrogens is 1220 g/mol. The first-order valence-corrected chi connectivity index (χ1v) is 32.8. The molecule has 0 spiro atoms. The Hall–Kier alpha value is -1.22. The zero-order valence-electron chi connectivity index (χ0n) is 53.4. The minimum absolute atomic E-state index is 0.122. The predicted octanol–water partition coefficient (Wildman–Crippen LogP) is -2.48. The van der Waals surface area contributed by atoms with Crippen LogP contribution >= 0.6 is 0 Å². The summed E-state index contributed by atoms with van der Waals surface area (Å²) in [4.78, 5) is 0. The first-order valence-electron chi connectivity index (χ1n) is 28.7. The molecule has 88 heavy (non-hydrogen) atoms. The molecule has 516 valence electrons. The van der Waals surface area contributed by atoms with Gasteiger partial charge in [-0.3, -0.25) is 0 Å². The van der Waals surface area contributed by atoms with Crippen LogP contribution in [0.15, 0.2) is 0 Å². The number of ether oxygens (including phenoxy) is 28. The van der Waals surface area contributed by atoms with Crippen molar-refractivity contribution in [2.24, 2.45) is 0 Å². The van der Waals surface area contributed by atoms with Crippen LogP contribution in [0.2, 0.25) is 0 Å². The van der Waals surface area contributed by atoms with Crippen LogP contribution in [0.3, 0.4) is 0 Å². The number of hydrogen-bond donors (Lipinski definition) is 0. The van der Waals surface area contributed by atoms with Crippen LogP contribution in [0, 0.1) is 0 Å². The lowest BCUT2D eigenvalue weighted by molar-refractivity contribution is -0.407. The second-order valence-corrected chi connectivity index (χ2v) is 26.6. The van der Waals surface area contributed by atoms with Gasteiger partial charge >= 0.3 is 0 Å². The third-order valence-electron chi connectivity index (χ3n) is 16.8. The minimum Gasteiger partial charge on any atom is -0.382 e. The fourth-order valence-electron chi connectivity index (χ4n) is 13.0. The topological polar surface area (TPSA) is 327 Å². The van der Waals surface area contributed by atoms with Gasteiger partial charge in [0.15, 0.2) is 37.7 Å². The van der Waals surface area contributed by atoms with E-state index < -0.39 is 215 Å². The van der Waals surface area contributed by atoms with Gasteiger partial charge in [0.05, 0.1) is 37.9 Å². The second kappa shape index (κ2) is 33.9. The Bertz CT molecular complexity index is 2120. The highest BCUT2D eigenvalue weighted by Gasteiger charge is 2.61. The Morgan fingerprint density at radius 3 is 0.511 bits per heavy atom. The second-order valence-electron chi connectivity index (χ2n) is 22.3. The van der Waals surface area contributed by atoms with Gasteiger partial charge in [-0.15, -0.1) is 0 Å². The minimum atomic E-state index is -3.87. The lowest BCUT2D eigenvalue weighted by Crippen LogP contribution is -2.70. The van der Waals surface area contributed by atoms with Gasteiger partial charge in [-0.2, -0.15) is 0 Å². The van der Waals surface area contributed by atoms with Gasteiger partial charge in [0.2, 0.25) is 0 Å². The molecule has 0 aromatic heterocycles. The molecule has 0 unspecified atom stereocenters. The molecular formula is C54H96O32S2. The van der Waals surface area contributed by atoms with E-state index in [-0.39, 0.29) is 26.4 Å². The lowest BCUT2D eigenvalue weighted by atomic mass is 9.94. The zero-order valence-corrected chi connectivity index (χ0v) is 55.1. The van der Waals surface area contributed by atoms with Gasteiger partial charge in [-0.05, 0) is 0 Å². The average molecular weight is 1320 g/mol. The van der Waals surface area contributed by atoms with Crippen molar-refractivity contribution in [2.45, 2.75) is 184 Å². The van der Waals surface area contributed by atoms with E-state index in [1.54, 1.807) is 0 Å². The summed E-state index contributed by atoms with van der Waals surface area (Å²) in [6, 6.07) is 0. The molecule has 0 radical (unpaired) electrons. The highest BCUT2D eigenvalue weighted by atomic mass is 32.2. The number of methoxy groups -OCH3 is 16. The van der Waals surface area contributed by atoms with Crippen molar-refractivity contribution in [3.63, 3.8) is 0 Å². The third kappa shape index (κ3) is 16.7. The molecule has 0 N–H and O–H groups in total. The van der Waals surface area contributed by atoms with E-state index in [9.17, 15) is 16.8 Å². The van der Waals surface area contributed by atoms with Crippen molar-refractivity contribution >= 4 is 19.7 Å². The maximum absolute atomic E-state index is 13.5. The zero-order chi connectivity index (χ0) is 64.4. The van der Waals surface area contributed by atoms with Gasteiger partial charge in [0, 0.05) is 126 Å². The van der Waals surface area contributed by atoms with E-state index in [2.05, 4.69) is 0 Å². The maximum Gasteiger partial charge on any atom is 0.187 e. The quantitative estimate of drug-likeness (QED) is 0.0965. The molecule has 22 fully saturated rings. The largest absolute Gasteiger partial charge is 0.382 e. The molecule has 22 aliphatic rings. The molecule has 0 aliphatic carbocycles. The summed E-state index contributed by atoms with van der Waals surface area (Å²) in [5, 5.41) is 0. The smallest absolute Gasteiger partial charge is 0.187 e. The molecule has 22 heterocycles. The number of hydrogen-bond acceptors (Lipinski definition) is 32. The molecule has 22 aliphatic heterocycles. The van der Waals surface area contributed by atoms with Crippen molar-refractivity contribution in [1.29, 1.82) is 0 Å². The monoisotopic (exact) mass is 1320 g/mol. The van der Waals surface area contributed by atoms with Crippen molar-refractivity contribution in [2.75, 3.05) is 164 Å². The van der Waals surface area contributed by atoms with E-state index in [0.29, 0.717) is 0 Å². The number of rotatable bonds is 24. The van der Waals surface area contributed by atoms with E-state index in [1.807, 2.05) is 0 Å². The molecule has 32 nitrogen and oxygen atoms in total. The Morgan fingerprint density at radius 2 is 0.375 bits per heavy atom. The standard InChI is InChI=1S/C54H96O32S2/c1-59-19-25-31-37(63-5)45(71-13)51(77-25)85-35-29(23-87(17,55)56)79-53(47(73-15)41(35)67-9)84-34-28(22-62-4)76-50(44(70-12)40(34)66-8)82-32-26(20-60-2)78-52(46(72-14)38(32)64-6)86-36-30(24-88(18,57)58)80-54(48(74-16)42(36)68-10)83-33-27(21-61-3)75-49(81-31)43(69-11)39(33)65-7/h25-54H,19-24H2,1-18H3/t25-,26-,27-,28-,29-,30-,31-,32-,33-,34-,35-,36-,37+,38+,39+,40+,41+,42+,43-,44-,45-,46-,47-,48-,49-,50-,51-,52-,53-,54-/m1/s1. The molecule has 12 bridgehead atoms. The molecule has 0 saturated carbocycles. The number of sulfone groups is 2. The molecule has 0 amide bonds. The van der Waals surface area contributed by atoms with Crippen molar-refractivity contribution in [3.05, 3.63) is 0 Å². The van der Waals surface area contributed by atoms with Crippen LogP contribution in [-0.4, -0.2) is 365 Å². The van der Waals surface area contributed by atoms with Crippen molar-refractivity contribution < 1.29 is 149 Å². The molecule has 22 saturated heterocycles. The van der Waals surface area contributed by atoms with E-state index in [4.69, 9.17) is 133 Å². The van der Waals surface area contributed by atoms with Gasteiger partial charge in [0.1, 0.15) is 166 Å². The van der Waals surface area contributed by atoms with E-state index in [1.165, 1.54) is 114 Å². The Morgan fingerprint density at radius 1 is 0.227 bits per heavy atom. The van der Waals surface area contributed by atoms with Crippen molar-refractivity contribution in [3.8, 4) is 0 Å². The van der Waals surface area contributed by atoms with Gasteiger partial charge in [0.25, 0.3) is 0 Å². The highest BCUT2D eigenvalue weighted by molar-refractivity contribution is 7.90. The van der Waals surface area contributed by atoms with Gasteiger partial charge in [-0.1, -0.05) is 0 Å². The third-order valence-corrected chi connectivity index (χ3v) is 18.7. The van der Waals surface area contributed by atoms with Crippen LogP contribution in [0.4, 0.5) is 0 Å². The summed E-state index contributed by atoms with van der Waals surface area (Å²) >= 11 is 0. The molecule has 30 atom stereocenters. The molecule has 22 rings (SSSR count). The summed E-state index contributed by atoms with van der Waals surface area (Å²) in [6.45, 7) is -0.487. The molecule has 34 heteroatoms. The van der Waals surface area contributed by atoms with Crippen LogP contribution in [0.5, 0.6) is 0 Å². The molecule has 0 aromatic rings. The Kier molecular flexibility index (Phi) is 28.6. The Labute approximate surface area is 515 Å². The Balaban J connectivity index is 1.39. The van der Waals surface area contributed by atoms with E-state index >= 15 is 0 Å².